The Bertz CT molecular complexity index is 1010. The monoisotopic (exact) mass is 408 g/mol. The Balaban J connectivity index is 1.51. The maximum Gasteiger partial charge on any atom is 0.254 e. The first-order chi connectivity index (χ1) is 14.6. The highest BCUT2D eigenvalue weighted by Gasteiger charge is 2.30. The molecule has 1 aliphatic heterocycles. The van der Waals surface area contributed by atoms with E-state index >= 15 is 0 Å². The fourth-order valence-electron chi connectivity index (χ4n) is 3.73. The molecule has 4 rings (SSSR count). The third-order valence-corrected chi connectivity index (χ3v) is 5.32. The predicted octanol–water partition coefficient (Wildman–Crippen LogP) is 3.06. The molecule has 2 heterocycles. The van der Waals surface area contributed by atoms with Crippen LogP contribution in [0, 0.1) is 0 Å². The minimum Gasteiger partial charge on any atom is -0.493 e. The van der Waals surface area contributed by atoms with E-state index in [4.69, 9.17) is 14.2 Å². The van der Waals surface area contributed by atoms with Gasteiger partial charge >= 0.3 is 0 Å². The summed E-state index contributed by atoms with van der Waals surface area (Å²) < 4.78 is 17.9. The van der Waals surface area contributed by atoms with E-state index in [9.17, 15) is 4.79 Å². The number of hydrogen-bond acceptors (Lipinski definition) is 6. The molecule has 1 aliphatic rings. The molecule has 1 fully saturated rings. The molecular weight excluding hydrogens is 384 g/mol. The second-order valence-electron chi connectivity index (χ2n) is 7.06. The van der Waals surface area contributed by atoms with E-state index in [2.05, 4.69) is 10.3 Å². The number of hydrogen-bond donors (Lipinski definition) is 0. The van der Waals surface area contributed by atoms with Gasteiger partial charge in [-0.05, 0) is 18.6 Å². The van der Waals surface area contributed by atoms with E-state index in [0.29, 0.717) is 35.9 Å². The Morgan fingerprint density at radius 2 is 1.73 bits per heavy atom. The normalized spacial score (nSPS) is 15.8. The highest BCUT2D eigenvalue weighted by Crippen LogP contribution is 2.39. The maximum absolute atomic E-state index is 13.1. The number of carbonyl (C=O) groups excluding carboxylic acids is 1. The van der Waals surface area contributed by atoms with Gasteiger partial charge in [0.2, 0.25) is 5.75 Å². The topological polar surface area (TPSA) is 78.7 Å². The molecule has 0 bridgehead atoms. The number of carbonyl (C=O) groups is 1. The number of likely N-dealkylation sites (tertiary alicyclic amines) is 1. The average Bonchev–Trinajstić information content (AvgIpc) is 3.48. The minimum absolute atomic E-state index is 0.0832. The zero-order chi connectivity index (χ0) is 21.1. The fourth-order valence-corrected chi connectivity index (χ4v) is 3.73. The fraction of sp³-hybridized carbons (Fsp3) is 0.318. The first kappa shape index (κ1) is 19.8. The SMILES string of the molecule is COc1cc(C(=O)N2CCC(n3cc(-c4ccccc4)nn3)C2)cc(OC)c1OC. The third kappa shape index (κ3) is 3.68. The molecule has 30 heavy (non-hydrogen) atoms. The summed E-state index contributed by atoms with van der Waals surface area (Å²) in [5.41, 5.74) is 2.34. The lowest BCUT2D eigenvalue weighted by atomic mass is 10.1. The first-order valence-corrected chi connectivity index (χ1v) is 9.71. The molecular formula is C22H24N4O4. The standard InChI is InChI=1S/C22H24N4O4/c1-28-19-11-16(12-20(29-2)21(19)30-3)22(27)25-10-9-17(13-25)26-14-18(23-24-26)15-7-5-4-6-8-15/h4-8,11-12,14,17H,9-10,13H2,1-3H3. The number of rotatable bonds is 6. The summed E-state index contributed by atoms with van der Waals surface area (Å²) in [5, 5.41) is 8.58. The van der Waals surface area contributed by atoms with Crippen molar-refractivity contribution in [3.8, 4) is 28.5 Å². The molecule has 1 atom stereocenters. The summed E-state index contributed by atoms with van der Waals surface area (Å²) >= 11 is 0. The van der Waals surface area contributed by atoms with Crippen molar-refractivity contribution in [3.05, 3.63) is 54.2 Å². The van der Waals surface area contributed by atoms with E-state index in [1.807, 2.05) is 46.1 Å². The summed E-state index contributed by atoms with van der Waals surface area (Å²) in [5.74, 6) is 1.30. The van der Waals surface area contributed by atoms with Gasteiger partial charge in [0, 0.05) is 24.2 Å². The van der Waals surface area contributed by atoms with Crippen molar-refractivity contribution < 1.29 is 19.0 Å². The highest BCUT2D eigenvalue weighted by atomic mass is 16.5. The number of nitrogens with zero attached hydrogens (tertiary/aromatic N) is 4. The van der Waals surface area contributed by atoms with Crippen LogP contribution in [0.25, 0.3) is 11.3 Å². The predicted molar refractivity (Wildman–Crippen MR) is 111 cm³/mol. The summed E-state index contributed by atoms with van der Waals surface area (Å²) in [6.45, 7) is 1.20. The van der Waals surface area contributed by atoms with Crippen LogP contribution in [0.5, 0.6) is 17.2 Å². The molecule has 1 amide bonds. The van der Waals surface area contributed by atoms with Crippen molar-refractivity contribution in [2.45, 2.75) is 12.5 Å². The second-order valence-corrected chi connectivity index (χ2v) is 7.06. The lowest BCUT2D eigenvalue weighted by Crippen LogP contribution is -2.29. The number of methoxy groups -OCH3 is 3. The van der Waals surface area contributed by atoms with Crippen molar-refractivity contribution in [2.75, 3.05) is 34.4 Å². The van der Waals surface area contributed by atoms with Gasteiger partial charge in [0.05, 0.1) is 33.6 Å². The van der Waals surface area contributed by atoms with Crippen LogP contribution in [-0.2, 0) is 0 Å². The van der Waals surface area contributed by atoms with Crippen LogP contribution in [0.3, 0.4) is 0 Å². The van der Waals surface area contributed by atoms with Crippen LogP contribution < -0.4 is 14.2 Å². The molecule has 0 N–H and O–H groups in total. The minimum atomic E-state index is -0.0832. The Morgan fingerprint density at radius 1 is 1.03 bits per heavy atom. The molecule has 8 heteroatoms. The van der Waals surface area contributed by atoms with E-state index < -0.39 is 0 Å². The third-order valence-electron chi connectivity index (χ3n) is 5.32. The number of ether oxygens (including phenoxy) is 3. The van der Waals surface area contributed by atoms with Crippen molar-refractivity contribution in [3.63, 3.8) is 0 Å². The Labute approximate surface area is 175 Å². The van der Waals surface area contributed by atoms with Gasteiger partial charge in [-0.25, -0.2) is 4.68 Å². The van der Waals surface area contributed by atoms with Gasteiger partial charge in [0.15, 0.2) is 11.5 Å². The van der Waals surface area contributed by atoms with E-state index in [1.54, 1.807) is 12.1 Å². The van der Waals surface area contributed by atoms with Gasteiger partial charge in [-0.3, -0.25) is 4.79 Å². The van der Waals surface area contributed by atoms with Crippen molar-refractivity contribution in [2.24, 2.45) is 0 Å². The van der Waals surface area contributed by atoms with Crippen LogP contribution in [-0.4, -0.2) is 60.2 Å². The molecule has 0 spiro atoms. The molecule has 0 saturated carbocycles. The van der Waals surface area contributed by atoms with Crippen molar-refractivity contribution in [1.29, 1.82) is 0 Å². The number of amides is 1. The Hall–Kier alpha value is -3.55. The van der Waals surface area contributed by atoms with Crippen LogP contribution >= 0.6 is 0 Å². The molecule has 0 aliphatic carbocycles. The van der Waals surface area contributed by atoms with Crippen molar-refractivity contribution >= 4 is 5.91 Å². The lowest BCUT2D eigenvalue weighted by Gasteiger charge is -2.19. The molecule has 0 radical (unpaired) electrons. The first-order valence-electron chi connectivity index (χ1n) is 9.71. The van der Waals surface area contributed by atoms with Crippen LogP contribution in [0.4, 0.5) is 0 Å². The van der Waals surface area contributed by atoms with Gasteiger partial charge in [-0.1, -0.05) is 35.5 Å². The average molecular weight is 408 g/mol. The second kappa shape index (κ2) is 8.44. The van der Waals surface area contributed by atoms with Gasteiger partial charge in [-0.2, -0.15) is 0 Å². The molecule has 156 valence electrons. The molecule has 1 aromatic heterocycles. The largest absolute Gasteiger partial charge is 0.493 e. The Morgan fingerprint density at radius 3 is 2.37 bits per heavy atom. The zero-order valence-corrected chi connectivity index (χ0v) is 17.2. The summed E-state index contributed by atoms with van der Waals surface area (Å²) in [6.07, 6.45) is 2.75. The smallest absolute Gasteiger partial charge is 0.254 e. The van der Waals surface area contributed by atoms with E-state index in [0.717, 1.165) is 17.7 Å². The van der Waals surface area contributed by atoms with Crippen LogP contribution in [0.1, 0.15) is 22.8 Å². The van der Waals surface area contributed by atoms with Gasteiger partial charge in [0.1, 0.15) is 5.69 Å². The van der Waals surface area contributed by atoms with Crippen molar-refractivity contribution in [1.82, 2.24) is 19.9 Å². The van der Waals surface area contributed by atoms with E-state index in [-0.39, 0.29) is 11.9 Å². The lowest BCUT2D eigenvalue weighted by molar-refractivity contribution is 0.0786. The molecule has 3 aromatic rings. The highest BCUT2D eigenvalue weighted by molar-refractivity contribution is 5.95. The quantitative estimate of drug-likeness (QED) is 0.624. The number of benzene rings is 2. The van der Waals surface area contributed by atoms with E-state index in [1.165, 1.54) is 21.3 Å². The zero-order valence-electron chi connectivity index (χ0n) is 17.2. The molecule has 8 nitrogen and oxygen atoms in total. The van der Waals surface area contributed by atoms with Gasteiger partial charge in [-0.15, -0.1) is 5.10 Å². The number of aromatic nitrogens is 3. The van der Waals surface area contributed by atoms with Crippen LogP contribution in [0.2, 0.25) is 0 Å². The molecule has 2 aromatic carbocycles. The maximum atomic E-state index is 13.1. The van der Waals surface area contributed by atoms with Gasteiger partial charge in [0.25, 0.3) is 5.91 Å². The van der Waals surface area contributed by atoms with Crippen LogP contribution in [0.15, 0.2) is 48.7 Å². The summed E-state index contributed by atoms with van der Waals surface area (Å²) in [6, 6.07) is 13.4. The Kier molecular flexibility index (Phi) is 5.56. The summed E-state index contributed by atoms with van der Waals surface area (Å²) in [7, 11) is 4.60. The molecule has 1 unspecified atom stereocenters. The van der Waals surface area contributed by atoms with Gasteiger partial charge < -0.3 is 19.1 Å². The summed E-state index contributed by atoms with van der Waals surface area (Å²) in [4.78, 5) is 14.9. The molecule has 1 saturated heterocycles.